The van der Waals surface area contributed by atoms with E-state index in [-0.39, 0.29) is 0 Å². The normalized spacial score (nSPS) is 22.1. The molecule has 0 aliphatic carbocycles. The van der Waals surface area contributed by atoms with E-state index >= 15 is 0 Å². The summed E-state index contributed by atoms with van der Waals surface area (Å²) in [5.74, 6) is 0. The maximum atomic E-state index is 5.79. The number of hydrogen-bond donors (Lipinski definition) is 1. The lowest BCUT2D eigenvalue weighted by Crippen LogP contribution is -2.22. The van der Waals surface area contributed by atoms with Crippen LogP contribution in [-0.4, -0.2) is 19.8 Å². The SMILES string of the molecule is CNC(CCC1CCCCO1)c1cc(Br)c(Br)s1. The molecule has 0 spiro atoms. The summed E-state index contributed by atoms with van der Waals surface area (Å²) in [5, 5.41) is 3.41. The van der Waals surface area contributed by atoms with Gasteiger partial charge in [-0.3, -0.25) is 0 Å². The number of thiophene rings is 1. The summed E-state index contributed by atoms with van der Waals surface area (Å²) in [4.78, 5) is 1.38. The molecule has 0 amide bonds. The molecule has 1 fully saturated rings. The summed E-state index contributed by atoms with van der Waals surface area (Å²) in [6.45, 7) is 0.949. The first-order valence-corrected chi connectivity index (χ1v) is 8.84. The van der Waals surface area contributed by atoms with Crippen molar-refractivity contribution in [2.24, 2.45) is 0 Å². The van der Waals surface area contributed by atoms with Crippen molar-refractivity contribution in [2.75, 3.05) is 13.7 Å². The molecule has 1 aromatic heterocycles. The molecule has 1 aromatic rings. The molecule has 2 atom stereocenters. The van der Waals surface area contributed by atoms with Gasteiger partial charge in [0.2, 0.25) is 0 Å². The molecule has 0 bridgehead atoms. The lowest BCUT2D eigenvalue weighted by molar-refractivity contribution is 0.00871. The summed E-state index contributed by atoms with van der Waals surface area (Å²) in [6, 6.07) is 2.64. The van der Waals surface area contributed by atoms with Gasteiger partial charge in [0.1, 0.15) is 0 Å². The van der Waals surface area contributed by atoms with E-state index in [1.165, 1.54) is 27.9 Å². The molecule has 2 nitrogen and oxygen atoms in total. The van der Waals surface area contributed by atoms with Gasteiger partial charge in [0, 0.05) is 22.0 Å². The van der Waals surface area contributed by atoms with E-state index in [0.29, 0.717) is 12.1 Å². The van der Waals surface area contributed by atoms with Crippen molar-refractivity contribution >= 4 is 43.2 Å². The molecule has 1 aliphatic heterocycles. The van der Waals surface area contributed by atoms with Crippen LogP contribution in [0.5, 0.6) is 0 Å². The van der Waals surface area contributed by atoms with E-state index in [1.54, 1.807) is 11.3 Å². The molecule has 102 valence electrons. The quantitative estimate of drug-likeness (QED) is 0.765. The lowest BCUT2D eigenvalue weighted by Gasteiger charge is -2.24. The van der Waals surface area contributed by atoms with Crippen molar-refractivity contribution < 1.29 is 4.74 Å². The Morgan fingerprint density at radius 3 is 2.89 bits per heavy atom. The number of nitrogens with one attached hydrogen (secondary N) is 1. The van der Waals surface area contributed by atoms with Gasteiger partial charge in [-0.15, -0.1) is 11.3 Å². The van der Waals surface area contributed by atoms with Gasteiger partial charge in [-0.2, -0.15) is 0 Å². The third kappa shape index (κ3) is 4.04. The van der Waals surface area contributed by atoms with Gasteiger partial charge < -0.3 is 10.1 Å². The molecule has 18 heavy (non-hydrogen) atoms. The van der Waals surface area contributed by atoms with E-state index in [2.05, 4.69) is 43.2 Å². The zero-order chi connectivity index (χ0) is 13.0. The van der Waals surface area contributed by atoms with Crippen LogP contribution in [0.15, 0.2) is 14.3 Å². The summed E-state index contributed by atoms with van der Waals surface area (Å²) < 4.78 is 8.12. The van der Waals surface area contributed by atoms with Gasteiger partial charge in [0.25, 0.3) is 0 Å². The van der Waals surface area contributed by atoms with Crippen LogP contribution in [-0.2, 0) is 4.74 Å². The van der Waals surface area contributed by atoms with E-state index in [9.17, 15) is 0 Å². The second kappa shape index (κ2) is 7.39. The largest absolute Gasteiger partial charge is 0.378 e. The molecule has 0 aromatic carbocycles. The average molecular weight is 397 g/mol. The van der Waals surface area contributed by atoms with Gasteiger partial charge in [-0.1, -0.05) is 0 Å². The highest BCUT2D eigenvalue weighted by Gasteiger charge is 2.18. The van der Waals surface area contributed by atoms with Gasteiger partial charge in [0.15, 0.2) is 0 Å². The highest BCUT2D eigenvalue weighted by molar-refractivity contribution is 9.13. The minimum Gasteiger partial charge on any atom is -0.378 e. The highest BCUT2D eigenvalue weighted by Crippen LogP contribution is 2.37. The minimum atomic E-state index is 0.433. The number of ether oxygens (including phenoxy) is 1. The predicted octanol–water partition coefficient (Wildman–Crippen LogP) is 4.88. The van der Waals surface area contributed by atoms with Crippen LogP contribution in [0.4, 0.5) is 0 Å². The Kier molecular flexibility index (Phi) is 6.15. The second-order valence-corrected chi connectivity index (χ2v) is 7.93. The van der Waals surface area contributed by atoms with Crippen molar-refractivity contribution in [3.05, 3.63) is 19.2 Å². The first kappa shape index (κ1) is 15.0. The van der Waals surface area contributed by atoms with Gasteiger partial charge in [-0.25, -0.2) is 0 Å². The van der Waals surface area contributed by atoms with Crippen LogP contribution in [0.2, 0.25) is 0 Å². The van der Waals surface area contributed by atoms with Crippen molar-refractivity contribution in [1.29, 1.82) is 0 Å². The summed E-state index contributed by atoms with van der Waals surface area (Å²) in [5.41, 5.74) is 0. The molecule has 2 rings (SSSR count). The lowest BCUT2D eigenvalue weighted by atomic mass is 10.0. The molecule has 2 unspecified atom stereocenters. The van der Waals surface area contributed by atoms with E-state index in [0.717, 1.165) is 23.9 Å². The Morgan fingerprint density at radius 1 is 1.50 bits per heavy atom. The molecular weight excluding hydrogens is 378 g/mol. The Morgan fingerprint density at radius 2 is 2.33 bits per heavy atom. The summed E-state index contributed by atoms with van der Waals surface area (Å²) >= 11 is 8.91. The average Bonchev–Trinajstić information content (AvgIpc) is 2.71. The fourth-order valence-electron chi connectivity index (χ4n) is 2.35. The molecule has 0 saturated carbocycles. The van der Waals surface area contributed by atoms with Gasteiger partial charge in [-0.05, 0) is 77.1 Å². The van der Waals surface area contributed by atoms with Crippen LogP contribution in [0, 0.1) is 0 Å². The first-order valence-electron chi connectivity index (χ1n) is 6.44. The Hall–Kier alpha value is 0.580. The molecular formula is C13H19Br2NOS. The fourth-order valence-corrected chi connectivity index (χ4v) is 4.59. The molecule has 1 aliphatic rings. The van der Waals surface area contributed by atoms with Crippen molar-refractivity contribution in [3.63, 3.8) is 0 Å². The summed E-state index contributed by atoms with van der Waals surface area (Å²) in [7, 11) is 2.04. The van der Waals surface area contributed by atoms with Crippen molar-refractivity contribution in [1.82, 2.24) is 5.32 Å². The molecule has 2 heterocycles. The fraction of sp³-hybridized carbons (Fsp3) is 0.692. The molecule has 5 heteroatoms. The Labute approximate surface area is 130 Å². The third-order valence-electron chi connectivity index (χ3n) is 3.41. The third-order valence-corrected chi connectivity index (χ3v) is 6.78. The summed E-state index contributed by atoms with van der Waals surface area (Å²) in [6.07, 6.45) is 6.55. The van der Waals surface area contributed by atoms with Crippen LogP contribution in [0.1, 0.15) is 43.0 Å². The standard InChI is InChI=1S/C13H19Br2NOS/c1-16-11(12-8-10(14)13(15)18-12)6-5-9-4-2-3-7-17-9/h8-9,11,16H,2-7H2,1H3. The van der Waals surface area contributed by atoms with Gasteiger partial charge in [0.05, 0.1) is 9.89 Å². The smallest absolute Gasteiger partial charge is 0.0843 e. The monoisotopic (exact) mass is 395 g/mol. The zero-order valence-electron chi connectivity index (χ0n) is 10.5. The number of rotatable bonds is 5. The zero-order valence-corrected chi connectivity index (χ0v) is 14.5. The van der Waals surface area contributed by atoms with E-state index < -0.39 is 0 Å². The van der Waals surface area contributed by atoms with Crippen LogP contribution >= 0.6 is 43.2 Å². The predicted molar refractivity (Wildman–Crippen MR) is 84.3 cm³/mol. The molecule has 1 saturated heterocycles. The minimum absolute atomic E-state index is 0.433. The van der Waals surface area contributed by atoms with Crippen molar-refractivity contribution in [3.8, 4) is 0 Å². The topological polar surface area (TPSA) is 21.3 Å². The van der Waals surface area contributed by atoms with Gasteiger partial charge >= 0.3 is 0 Å². The van der Waals surface area contributed by atoms with Crippen LogP contribution in [0.25, 0.3) is 0 Å². The second-order valence-electron chi connectivity index (χ2n) is 4.68. The Balaban J connectivity index is 1.88. The van der Waals surface area contributed by atoms with E-state index in [4.69, 9.17) is 4.74 Å². The number of halogens is 2. The van der Waals surface area contributed by atoms with Crippen LogP contribution < -0.4 is 5.32 Å². The van der Waals surface area contributed by atoms with E-state index in [1.807, 2.05) is 7.05 Å². The van der Waals surface area contributed by atoms with Crippen molar-refractivity contribution in [2.45, 2.75) is 44.2 Å². The highest BCUT2D eigenvalue weighted by atomic mass is 79.9. The maximum Gasteiger partial charge on any atom is 0.0843 e. The number of hydrogen-bond acceptors (Lipinski definition) is 3. The molecule has 0 radical (unpaired) electrons. The molecule has 1 N–H and O–H groups in total. The maximum absolute atomic E-state index is 5.79. The van der Waals surface area contributed by atoms with Crippen LogP contribution in [0.3, 0.4) is 0 Å². The first-order chi connectivity index (χ1) is 8.70. The Bertz CT molecular complexity index is 358.